The summed E-state index contributed by atoms with van der Waals surface area (Å²) in [5.74, 6) is -0.530. The Bertz CT molecular complexity index is 846. The van der Waals surface area contributed by atoms with Crippen LogP contribution in [0.25, 0.3) is 0 Å². The van der Waals surface area contributed by atoms with Crippen LogP contribution in [0.15, 0.2) is 76.2 Å². The summed E-state index contributed by atoms with van der Waals surface area (Å²) < 4.78 is 5.41. The Balaban J connectivity index is 1.74. The summed E-state index contributed by atoms with van der Waals surface area (Å²) >= 11 is 1.35. The highest BCUT2D eigenvalue weighted by Crippen LogP contribution is 2.38. The molecule has 2 aromatic rings. The van der Waals surface area contributed by atoms with Gasteiger partial charge in [-0.15, -0.1) is 0 Å². The first-order valence-corrected chi connectivity index (χ1v) is 9.31. The van der Waals surface area contributed by atoms with Gasteiger partial charge in [-0.3, -0.25) is 9.59 Å². The van der Waals surface area contributed by atoms with Gasteiger partial charge in [0.05, 0.1) is 18.9 Å². The van der Waals surface area contributed by atoms with E-state index >= 15 is 0 Å². The lowest BCUT2D eigenvalue weighted by Crippen LogP contribution is -2.40. The van der Waals surface area contributed by atoms with Gasteiger partial charge in [-0.05, 0) is 24.3 Å². The molecule has 2 aliphatic rings. The number of thioether (sulfide) groups is 1. The van der Waals surface area contributed by atoms with E-state index in [2.05, 4.69) is 0 Å². The second-order valence-electron chi connectivity index (χ2n) is 5.97. The van der Waals surface area contributed by atoms with Gasteiger partial charge in [0.2, 0.25) is 0 Å². The molecule has 1 fully saturated rings. The zero-order chi connectivity index (χ0) is 17.9. The van der Waals surface area contributed by atoms with Crippen LogP contribution in [0.3, 0.4) is 0 Å². The minimum atomic E-state index is -0.267. The van der Waals surface area contributed by atoms with E-state index in [0.717, 1.165) is 4.90 Å². The number of benzene rings is 2. The Morgan fingerprint density at radius 1 is 0.808 bits per heavy atom. The minimum absolute atomic E-state index is 0.262. The van der Waals surface area contributed by atoms with Crippen molar-refractivity contribution in [2.24, 2.45) is 0 Å². The van der Waals surface area contributed by atoms with Crippen molar-refractivity contribution in [3.05, 3.63) is 71.3 Å². The SMILES string of the molecule is O=C1C(Sc2ccccc2)=C(N2CCOCC2)C(=O)N1c1ccccc1. The molecule has 0 unspecified atom stereocenters. The van der Waals surface area contributed by atoms with Crippen LogP contribution in [0.1, 0.15) is 0 Å². The molecule has 2 aliphatic heterocycles. The standard InChI is InChI=1S/C20H18N2O3S/c23-19-17(21-11-13-25-14-12-21)18(26-16-9-5-2-6-10-16)20(24)22(19)15-7-3-1-4-8-15/h1-10H,11-14H2. The van der Waals surface area contributed by atoms with Crippen molar-refractivity contribution in [3.63, 3.8) is 0 Å². The summed E-state index contributed by atoms with van der Waals surface area (Å²) in [6, 6.07) is 18.7. The molecule has 0 atom stereocenters. The van der Waals surface area contributed by atoms with Crippen molar-refractivity contribution in [1.29, 1.82) is 0 Å². The summed E-state index contributed by atoms with van der Waals surface area (Å²) in [6.07, 6.45) is 0. The van der Waals surface area contributed by atoms with Crippen molar-refractivity contribution >= 4 is 29.3 Å². The van der Waals surface area contributed by atoms with Crippen LogP contribution in [0.4, 0.5) is 5.69 Å². The second-order valence-corrected chi connectivity index (χ2v) is 7.06. The Morgan fingerprint density at radius 2 is 1.42 bits per heavy atom. The van der Waals surface area contributed by atoms with E-state index in [9.17, 15) is 9.59 Å². The average molecular weight is 366 g/mol. The molecule has 0 aliphatic carbocycles. The number of morpholine rings is 1. The van der Waals surface area contributed by atoms with E-state index in [1.165, 1.54) is 16.7 Å². The summed E-state index contributed by atoms with van der Waals surface area (Å²) in [7, 11) is 0. The third kappa shape index (κ3) is 3.13. The number of amides is 2. The van der Waals surface area contributed by atoms with Gasteiger partial charge in [-0.25, -0.2) is 4.90 Å². The van der Waals surface area contributed by atoms with Gasteiger partial charge in [0.15, 0.2) is 0 Å². The zero-order valence-electron chi connectivity index (χ0n) is 14.1. The molecule has 4 rings (SSSR count). The number of imide groups is 1. The van der Waals surface area contributed by atoms with E-state index in [4.69, 9.17) is 4.74 Å². The molecule has 2 amide bonds. The first kappa shape index (κ1) is 16.9. The van der Waals surface area contributed by atoms with Gasteiger partial charge in [-0.2, -0.15) is 0 Å². The van der Waals surface area contributed by atoms with E-state index in [1.807, 2.05) is 53.4 Å². The summed E-state index contributed by atoms with van der Waals surface area (Å²) in [5, 5.41) is 0. The van der Waals surface area contributed by atoms with Gasteiger partial charge in [0.25, 0.3) is 11.8 Å². The fourth-order valence-corrected chi connectivity index (χ4v) is 4.09. The van der Waals surface area contributed by atoms with Crippen LogP contribution in [0.2, 0.25) is 0 Å². The third-order valence-corrected chi connectivity index (χ3v) is 5.40. The van der Waals surface area contributed by atoms with E-state index in [-0.39, 0.29) is 11.8 Å². The number of anilines is 1. The van der Waals surface area contributed by atoms with Gasteiger partial charge in [0, 0.05) is 18.0 Å². The normalized spacial score (nSPS) is 18.0. The van der Waals surface area contributed by atoms with Crippen LogP contribution in [0, 0.1) is 0 Å². The number of hydrogen-bond donors (Lipinski definition) is 0. The number of carbonyl (C=O) groups excluding carboxylic acids is 2. The summed E-state index contributed by atoms with van der Waals surface area (Å²) in [4.78, 5) is 31.0. The molecule has 1 saturated heterocycles. The minimum Gasteiger partial charge on any atom is -0.378 e. The lowest BCUT2D eigenvalue weighted by molar-refractivity contribution is -0.121. The fourth-order valence-electron chi connectivity index (χ4n) is 3.07. The lowest BCUT2D eigenvalue weighted by atomic mass is 10.3. The Hall–Kier alpha value is -2.57. The molecular formula is C20H18N2O3S. The van der Waals surface area contributed by atoms with Crippen LogP contribution in [-0.2, 0) is 14.3 Å². The molecule has 132 valence electrons. The molecule has 26 heavy (non-hydrogen) atoms. The van der Waals surface area contributed by atoms with Gasteiger partial charge in [-0.1, -0.05) is 48.2 Å². The highest BCUT2D eigenvalue weighted by molar-refractivity contribution is 8.04. The number of nitrogens with zero attached hydrogens (tertiary/aromatic N) is 2. The van der Waals surface area contributed by atoms with Gasteiger partial charge >= 0.3 is 0 Å². The van der Waals surface area contributed by atoms with Crippen LogP contribution in [0.5, 0.6) is 0 Å². The smallest absolute Gasteiger partial charge is 0.283 e. The monoisotopic (exact) mass is 366 g/mol. The average Bonchev–Trinajstić information content (AvgIpc) is 2.94. The number of para-hydroxylation sites is 1. The second kappa shape index (κ2) is 7.35. The van der Waals surface area contributed by atoms with Crippen molar-refractivity contribution in [3.8, 4) is 0 Å². The maximum absolute atomic E-state index is 13.2. The molecule has 0 saturated carbocycles. The molecule has 0 spiro atoms. The molecule has 0 radical (unpaired) electrons. The van der Waals surface area contributed by atoms with Crippen molar-refractivity contribution < 1.29 is 14.3 Å². The Labute approximate surface area is 156 Å². The predicted molar refractivity (Wildman–Crippen MR) is 101 cm³/mol. The van der Waals surface area contributed by atoms with E-state index < -0.39 is 0 Å². The number of carbonyl (C=O) groups is 2. The van der Waals surface area contributed by atoms with Gasteiger partial charge < -0.3 is 9.64 Å². The third-order valence-electron chi connectivity index (χ3n) is 4.32. The van der Waals surface area contributed by atoms with Crippen LogP contribution in [-0.4, -0.2) is 43.0 Å². The molecular weight excluding hydrogens is 348 g/mol. The van der Waals surface area contributed by atoms with Crippen molar-refractivity contribution in [2.75, 3.05) is 31.2 Å². The van der Waals surface area contributed by atoms with E-state index in [1.54, 1.807) is 12.1 Å². The van der Waals surface area contributed by atoms with Crippen LogP contribution >= 0.6 is 11.8 Å². The number of hydrogen-bond acceptors (Lipinski definition) is 5. The van der Waals surface area contributed by atoms with Crippen molar-refractivity contribution in [2.45, 2.75) is 4.90 Å². The number of ether oxygens (including phenoxy) is 1. The molecule has 0 aromatic heterocycles. The Kier molecular flexibility index (Phi) is 4.77. The maximum Gasteiger partial charge on any atom is 0.283 e. The highest BCUT2D eigenvalue weighted by Gasteiger charge is 2.42. The fraction of sp³-hybridized carbons (Fsp3) is 0.200. The van der Waals surface area contributed by atoms with Crippen LogP contribution < -0.4 is 4.90 Å². The quantitative estimate of drug-likeness (QED) is 0.779. The van der Waals surface area contributed by atoms with E-state index in [0.29, 0.717) is 42.6 Å². The summed E-state index contributed by atoms with van der Waals surface area (Å²) in [5.41, 5.74) is 1.08. The topological polar surface area (TPSA) is 49.9 Å². The maximum atomic E-state index is 13.2. The highest BCUT2D eigenvalue weighted by atomic mass is 32.2. The molecule has 2 heterocycles. The predicted octanol–water partition coefficient (Wildman–Crippen LogP) is 2.90. The molecule has 0 bridgehead atoms. The van der Waals surface area contributed by atoms with Crippen molar-refractivity contribution in [1.82, 2.24) is 4.90 Å². The largest absolute Gasteiger partial charge is 0.378 e. The first-order chi connectivity index (χ1) is 12.8. The molecule has 2 aromatic carbocycles. The summed E-state index contributed by atoms with van der Waals surface area (Å²) in [6.45, 7) is 2.32. The number of rotatable bonds is 4. The molecule has 5 nitrogen and oxygen atoms in total. The molecule has 0 N–H and O–H groups in total. The van der Waals surface area contributed by atoms with Gasteiger partial charge in [0.1, 0.15) is 10.6 Å². The Morgan fingerprint density at radius 3 is 2.08 bits per heavy atom. The first-order valence-electron chi connectivity index (χ1n) is 8.49. The lowest BCUT2D eigenvalue weighted by Gasteiger charge is -2.29. The zero-order valence-corrected chi connectivity index (χ0v) is 14.9. The molecule has 6 heteroatoms.